The summed E-state index contributed by atoms with van der Waals surface area (Å²) in [5.74, 6) is 1.04. The first kappa shape index (κ1) is 14.0. The molecule has 3 atom stereocenters. The molecule has 1 aliphatic carbocycles. The zero-order valence-electron chi connectivity index (χ0n) is 11.7. The Balaban J connectivity index is 0.000000606. The first-order valence-corrected chi connectivity index (χ1v) is 6.85. The summed E-state index contributed by atoms with van der Waals surface area (Å²) in [4.78, 5) is 0. The van der Waals surface area contributed by atoms with Crippen LogP contribution in [0.4, 0.5) is 0 Å². The van der Waals surface area contributed by atoms with E-state index >= 15 is 0 Å². The van der Waals surface area contributed by atoms with Crippen molar-refractivity contribution in [2.24, 2.45) is 11.8 Å². The van der Waals surface area contributed by atoms with Gasteiger partial charge in [-0.2, -0.15) is 0 Å². The molecule has 0 radical (unpaired) electrons. The Bertz CT molecular complexity index is 211. The third kappa shape index (κ3) is 2.98. The van der Waals surface area contributed by atoms with Crippen molar-refractivity contribution < 1.29 is 9.47 Å². The van der Waals surface area contributed by atoms with E-state index in [9.17, 15) is 0 Å². The SMILES string of the molecule is CC.CC(C)[C@H]1CCC[C@@H]2OC(C)(C)O[C@@H]21. The molecule has 2 heteroatoms. The van der Waals surface area contributed by atoms with Gasteiger partial charge in [-0.15, -0.1) is 0 Å². The summed E-state index contributed by atoms with van der Waals surface area (Å²) < 4.78 is 11.9. The highest BCUT2D eigenvalue weighted by molar-refractivity contribution is 4.91. The second-order valence-electron chi connectivity index (χ2n) is 5.48. The zero-order valence-corrected chi connectivity index (χ0v) is 11.7. The van der Waals surface area contributed by atoms with Gasteiger partial charge in [-0.3, -0.25) is 0 Å². The molecule has 1 saturated carbocycles. The van der Waals surface area contributed by atoms with Crippen molar-refractivity contribution in [3.8, 4) is 0 Å². The molecule has 0 amide bonds. The monoisotopic (exact) mass is 228 g/mol. The van der Waals surface area contributed by atoms with E-state index in [0.717, 1.165) is 0 Å². The summed E-state index contributed by atoms with van der Waals surface area (Å²) in [6.45, 7) is 12.6. The summed E-state index contributed by atoms with van der Waals surface area (Å²) in [5, 5.41) is 0. The number of hydrogen-bond donors (Lipinski definition) is 0. The molecule has 0 bridgehead atoms. The molecule has 0 aromatic carbocycles. The van der Waals surface area contributed by atoms with Crippen molar-refractivity contribution in [1.29, 1.82) is 0 Å². The smallest absolute Gasteiger partial charge is 0.163 e. The summed E-state index contributed by atoms with van der Waals surface area (Å²) in [6.07, 6.45) is 4.48. The minimum atomic E-state index is -0.354. The summed E-state index contributed by atoms with van der Waals surface area (Å²) in [6, 6.07) is 0. The van der Waals surface area contributed by atoms with Gasteiger partial charge in [0, 0.05) is 0 Å². The van der Waals surface area contributed by atoms with Crippen LogP contribution in [0.15, 0.2) is 0 Å². The second-order valence-corrected chi connectivity index (χ2v) is 5.48. The average molecular weight is 228 g/mol. The maximum atomic E-state index is 6.00. The van der Waals surface area contributed by atoms with Gasteiger partial charge < -0.3 is 9.47 Å². The van der Waals surface area contributed by atoms with Crippen molar-refractivity contribution in [3.05, 3.63) is 0 Å². The lowest BCUT2D eigenvalue weighted by Gasteiger charge is -2.33. The Morgan fingerprint density at radius 1 is 1.06 bits per heavy atom. The van der Waals surface area contributed by atoms with E-state index in [1.807, 2.05) is 27.7 Å². The van der Waals surface area contributed by atoms with Crippen molar-refractivity contribution in [2.75, 3.05) is 0 Å². The highest BCUT2D eigenvalue weighted by atomic mass is 16.8. The topological polar surface area (TPSA) is 18.5 Å². The Morgan fingerprint density at radius 2 is 1.69 bits per heavy atom. The number of rotatable bonds is 1. The van der Waals surface area contributed by atoms with E-state index in [2.05, 4.69) is 13.8 Å². The molecular weight excluding hydrogens is 200 g/mol. The normalized spacial score (nSPS) is 36.6. The number of hydrogen-bond acceptors (Lipinski definition) is 2. The van der Waals surface area contributed by atoms with E-state index in [-0.39, 0.29) is 5.79 Å². The minimum absolute atomic E-state index is 0.346. The van der Waals surface area contributed by atoms with Crippen LogP contribution in [0, 0.1) is 11.8 Å². The summed E-state index contributed by atoms with van der Waals surface area (Å²) in [7, 11) is 0. The van der Waals surface area contributed by atoms with Crippen LogP contribution in [0.3, 0.4) is 0 Å². The van der Waals surface area contributed by atoms with Gasteiger partial charge in [-0.25, -0.2) is 0 Å². The molecule has 2 fully saturated rings. The molecule has 0 aromatic rings. The van der Waals surface area contributed by atoms with E-state index in [0.29, 0.717) is 24.0 Å². The van der Waals surface area contributed by atoms with Gasteiger partial charge >= 0.3 is 0 Å². The van der Waals surface area contributed by atoms with Gasteiger partial charge in [0.1, 0.15) is 0 Å². The van der Waals surface area contributed by atoms with E-state index < -0.39 is 0 Å². The molecule has 0 spiro atoms. The maximum Gasteiger partial charge on any atom is 0.163 e. The van der Waals surface area contributed by atoms with Gasteiger partial charge in [0.05, 0.1) is 12.2 Å². The standard InChI is InChI=1S/C12H22O2.C2H6/c1-8(2)9-6-5-7-10-11(9)14-12(3,4)13-10;1-2/h8-11H,5-7H2,1-4H3;1-2H3/t9-,10+,11-;/m1./s1. The average Bonchev–Trinajstić information content (AvgIpc) is 2.53. The molecule has 0 N–H and O–H groups in total. The van der Waals surface area contributed by atoms with Crippen molar-refractivity contribution in [2.45, 2.75) is 78.8 Å². The van der Waals surface area contributed by atoms with Gasteiger partial charge in [0.15, 0.2) is 5.79 Å². The third-order valence-corrected chi connectivity index (χ3v) is 3.53. The number of fused-ring (bicyclic) bond motifs is 1. The van der Waals surface area contributed by atoms with Gasteiger partial charge in [-0.05, 0) is 38.5 Å². The van der Waals surface area contributed by atoms with E-state index in [4.69, 9.17) is 9.47 Å². The quantitative estimate of drug-likeness (QED) is 0.675. The predicted molar refractivity (Wildman–Crippen MR) is 67.4 cm³/mol. The molecule has 16 heavy (non-hydrogen) atoms. The third-order valence-electron chi connectivity index (χ3n) is 3.53. The van der Waals surface area contributed by atoms with Crippen LogP contribution >= 0.6 is 0 Å². The molecular formula is C14H28O2. The van der Waals surface area contributed by atoms with Crippen LogP contribution in [0.25, 0.3) is 0 Å². The summed E-state index contributed by atoms with van der Waals surface area (Å²) in [5.41, 5.74) is 0. The highest BCUT2D eigenvalue weighted by Gasteiger charge is 2.47. The molecule has 0 unspecified atom stereocenters. The van der Waals surface area contributed by atoms with Gasteiger partial charge in [-0.1, -0.05) is 34.1 Å². The van der Waals surface area contributed by atoms with Crippen molar-refractivity contribution in [1.82, 2.24) is 0 Å². The fourth-order valence-electron chi connectivity index (χ4n) is 2.88. The maximum absolute atomic E-state index is 6.00. The van der Waals surface area contributed by atoms with Crippen LogP contribution < -0.4 is 0 Å². The summed E-state index contributed by atoms with van der Waals surface area (Å²) >= 11 is 0. The van der Waals surface area contributed by atoms with E-state index in [1.54, 1.807) is 0 Å². The molecule has 0 aromatic heterocycles. The molecule has 2 rings (SSSR count). The lowest BCUT2D eigenvalue weighted by molar-refractivity contribution is -0.150. The molecule has 2 aliphatic rings. The lowest BCUT2D eigenvalue weighted by atomic mass is 9.78. The highest BCUT2D eigenvalue weighted by Crippen LogP contribution is 2.42. The Labute approximate surface area is 101 Å². The first-order chi connectivity index (χ1) is 7.49. The Hall–Kier alpha value is -0.0800. The number of ether oxygens (including phenoxy) is 2. The van der Waals surface area contributed by atoms with Crippen LogP contribution in [0.5, 0.6) is 0 Å². The van der Waals surface area contributed by atoms with Crippen molar-refractivity contribution in [3.63, 3.8) is 0 Å². The van der Waals surface area contributed by atoms with Gasteiger partial charge in [0.25, 0.3) is 0 Å². The molecule has 1 aliphatic heterocycles. The second kappa shape index (κ2) is 5.50. The van der Waals surface area contributed by atoms with Crippen molar-refractivity contribution >= 4 is 0 Å². The Morgan fingerprint density at radius 3 is 2.25 bits per heavy atom. The lowest BCUT2D eigenvalue weighted by Crippen LogP contribution is -2.37. The largest absolute Gasteiger partial charge is 0.345 e. The molecule has 1 saturated heterocycles. The fraction of sp³-hybridized carbons (Fsp3) is 1.00. The van der Waals surface area contributed by atoms with Crippen LogP contribution in [0.1, 0.15) is 60.8 Å². The minimum Gasteiger partial charge on any atom is -0.345 e. The Kier molecular flexibility index (Phi) is 4.81. The predicted octanol–water partition coefficient (Wildman–Crippen LogP) is 3.99. The van der Waals surface area contributed by atoms with Gasteiger partial charge in [0.2, 0.25) is 0 Å². The first-order valence-electron chi connectivity index (χ1n) is 6.85. The molecule has 1 heterocycles. The van der Waals surface area contributed by atoms with E-state index in [1.165, 1.54) is 19.3 Å². The molecule has 2 nitrogen and oxygen atoms in total. The fourth-order valence-corrected chi connectivity index (χ4v) is 2.88. The van der Waals surface area contributed by atoms with Crippen LogP contribution in [0.2, 0.25) is 0 Å². The van der Waals surface area contributed by atoms with Crippen LogP contribution in [-0.2, 0) is 9.47 Å². The van der Waals surface area contributed by atoms with Crippen LogP contribution in [-0.4, -0.2) is 18.0 Å². The molecule has 96 valence electrons. The zero-order chi connectivity index (χ0) is 12.3.